The number of benzene rings is 4. The molecule has 0 bridgehead atoms. The second kappa shape index (κ2) is 12.7. The maximum atomic E-state index is 6.16. The van der Waals surface area contributed by atoms with E-state index in [1.165, 1.54) is 33.9 Å². The minimum atomic E-state index is -0.0974. The molecule has 0 atom stereocenters. The number of hydrogen-bond donors (Lipinski definition) is 1. The molecule has 0 radical (unpaired) electrons. The fraction of sp³-hybridized carbons (Fsp3) is 0.250. The largest absolute Gasteiger partial charge is 0.488 e. The number of nitrogens with zero attached hydrogens (tertiary/aromatic N) is 3. The zero-order valence-corrected chi connectivity index (χ0v) is 27.6. The summed E-state index contributed by atoms with van der Waals surface area (Å²) < 4.78 is 14.6. The summed E-state index contributed by atoms with van der Waals surface area (Å²) in [5.41, 5.74) is 9.07. The molecule has 0 aromatic heterocycles. The van der Waals surface area contributed by atoms with Crippen LogP contribution in [0, 0.1) is 0 Å². The highest BCUT2D eigenvalue weighted by molar-refractivity contribution is 6.03. The molecule has 0 aliphatic carbocycles. The Labute approximate surface area is 273 Å². The van der Waals surface area contributed by atoms with Gasteiger partial charge in [0.15, 0.2) is 5.71 Å². The lowest BCUT2D eigenvalue weighted by atomic mass is 9.81. The van der Waals surface area contributed by atoms with Gasteiger partial charge in [-0.15, -0.1) is 0 Å². The first-order valence-corrected chi connectivity index (χ1v) is 15.8. The van der Waals surface area contributed by atoms with Crippen LogP contribution < -0.4 is 19.7 Å². The van der Waals surface area contributed by atoms with Crippen LogP contribution in [0.5, 0.6) is 11.5 Å². The maximum Gasteiger partial charge on any atom is 0.209 e. The molecule has 234 valence electrons. The van der Waals surface area contributed by atoms with Gasteiger partial charge in [0, 0.05) is 54.0 Å². The summed E-state index contributed by atoms with van der Waals surface area (Å²) in [4.78, 5) is 7.01. The Bertz CT molecular complexity index is 1860. The second-order valence-electron chi connectivity index (χ2n) is 12.8. The first-order chi connectivity index (χ1) is 22.2. The van der Waals surface area contributed by atoms with Crippen molar-refractivity contribution in [3.63, 3.8) is 0 Å². The Balaban J connectivity index is 1.06. The standard InChI is InChI=1S/C40H42N4O2/c1-39(2)29-15-7-11-19-33(29)43(5)37(39)23-25-41-31-17-9-13-21-35(31)45-27-28-46-36-22-14-10-18-32(36)42-26-24-38-40(3,4)30-16-8-12-20-34(30)44(38)6/h7-26H,27-28H2,1-6H3/p+1. The van der Waals surface area contributed by atoms with Crippen molar-refractivity contribution in [1.82, 2.24) is 0 Å². The number of allylic oxidation sites excluding steroid dienone is 3. The lowest BCUT2D eigenvalue weighted by Gasteiger charge is -2.23. The smallest absolute Gasteiger partial charge is 0.209 e. The van der Waals surface area contributed by atoms with Crippen molar-refractivity contribution in [3.8, 4) is 11.5 Å². The van der Waals surface area contributed by atoms with E-state index in [0.29, 0.717) is 13.2 Å². The summed E-state index contributed by atoms with van der Waals surface area (Å²) in [7, 11) is 4.24. The van der Waals surface area contributed by atoms with Crippen LogP contribution in [0.1, 0.15) is 38.8 Å². The molecular weight excluding hydrogens is 568 g/mol. The van der Waals surface area contributed by atoms with Crippen LogP contribution in [0.3, 0.4) is 0 Å². The van der Waals surface area contributed by atoms with Gasteiger partial charge in [-0.2, -0.15) is 4.58 Å². The third-order valence-electron chi connectivity index (χ3n) is 9.16. The minimum absolute atomic E-state index is 0.0800. The van der Waals surface area contributed by atoms with Gasteiger partial charge in [-0.05, 0) is 55.8 Å². The van der Waals surface area contributed by atoms with E-state index in [9.17, 15) is 0 Å². The van der Waals surface area contributed by atoms with Gasteiger partial charge in [0.25, 0.3) is 0 Å². The molecule has 2 aliphatic heterocycles. The summed E-state index contributed by atoms with van der Waals surface area (Å²) in [6, 6.07) is 32.9. The molecule has 0 amide bonds. The third kappa shape index (κ3) is 5.83. The molecule has 6 rings (SSSR count). The van der Waals surface area contributed by atoms with Crippen molar-refractivity contribution in [2.45, 2.75) is 38.5 Å². The number of likely N-dealkylation sites (N-methyl/N-ethyl adjacent to an activating group) is 1. The van der Waals surface area contributed by atoms with Crippen molar-refractivity contribution in [2.75, 3.05) is 37.5 Å². The highest BCUT2D eigenvalue weighted by Gasteiger charge is 2.42. The first kappa shape index (κ1) is 30.9. The van der Waals surface area contributed by atoms with Gasteiger partial charge in [-0.1, -0.05) is 74.5 Å². The summed E-state index contributed by atoms with van der Waals surface area (Å²) >= 11 is 0. The average molecular weight is 612 g/mol. The quantitative estimate of drug-likeness (QED) is 0.111. The van der Waals surface area contributed by atoms with Crippen LogP contribution in [0.25, 0.3) is 0 Å². The van der Waals surface area contributed by atoms with Crippen LogP contribution in [-0.4, -0.2) is 43.8 Å². The highest BCUT2D eigenvalue weighted by Crippen LogP contribution is 2.46. The average Bonchev–Trinajstić information content (AvgIpc) is 3.38. The molecule has 2 heterocycles. The van der Waals surface area contributed by atoms with Gasteiger partial charge in [0.2, 0.25) is 5.69 Å². The van der Waals surface area contributed by atoms with E-state index in [-0.39, 0.29) is 10.8 Å². The fourth-order valence-corrected chi connectivity index (χ4v) is 6.70. The zero-order chi connectivity index (χ0) is 32.3. The van der Waals surface area contributed by atoms with E-state index in [2.05, 4.69) is 117 Å². The molecule has 0 fully saturated rings. The number of aliphatic imine (C=N–C) groups is 1. The normalized spacial score (nSPS) is 17.2. The van der Waals surface area contributed by atoms with Gasteiger partial charge >= 0.3 is 0 Å². The van der Waals surface area contributed by atoms with E-state index in [1.807, 2.05) is 60.9 Å². The first-order valence-electron chi connectivity index (χ1n) is 15.8. The summed E-state index contributed by atoms with van der Waals surface area (Å²) in [5.74, 6) is 1.49. The molecule has 0 saturated carbocycles. The minimum Gasteiger partial charge on any atom is -0.488 e. The van der Waals surface area contributed by atoms with Crippen LogP contribution in [-0.2, 0) is 10.8 Å². The number of para-hydroxylation sites is 6. The summed E-state index contributed by atoms with van der Waals surface area (Å²) in [6.45, 7) is 9.82. The van der Waals surface area contributed by atoms with E-state index >= 15 is 0 Å². The van der Waals surface area contributed by atoms with E-state index in [0.717, 1.165) is 22.9 Å². The molecule has 0 saturated heterocycles. The Morgan fingerprint density at radius 3 is 2.15 bits per heavy atom. The number of anilines is 2. The molecule has 1 N–H and O–H groups in total. The molecule has 0 spiro atoms. The van der Waals surface area contributed by atoms with Gasteiger partial charge < -0.3 is 19.7 Å². The van der Waals surface area contributed by atoms with Gasteiger partial charge in [0.05, 0.1) is 11.1 Å². The molecule has 6 nitrogen and oxygen atoms in total. The molecule has 0 unspecified atom stereocenters. The zero-order valence-electron chi connectivity index (χ0n) is 27.6. The molecule has 4 aromatic rings. The molecule has 4 aromatic carbocycles. The van der Waals surface area contributed by atoms with Gasteiger partial charge in [-0.25, -0.2) is 0 Å². The van der Waals surface area contributed by atoms with Crippen LogP contribution in [0.2, 0.25) is 0 Å². The van der Waals surface area contributed by atoms with E-state index in [1.54, 1.807) is 0 Å². The SMILES string of the molecule is CN1C(=CC=Nc2ccccc2OCCOc2ccccc2NC=CC2=[N+](C)c3ccccc3C2(C)C)C(C)(C)c2ccccc21. The summed E-state index contributed by atoms with van der Waals surface area (Å²) in [5, 5.41) is 3.43. The Kier molecular flexibility index (Phi) is 8.55. The van der Waals surface area contributed by atoms with Crippen LogP contribution in [0.15, 0.2) is 126 Å². The molecule has 46 heavy (non-hydrogen) atoms. The number of fused-ring (bicyclic) bond motifs is 2. The number of nitrogens with one attached hydrogen (secondary N) is 1. The maximum absolute atomic E-state index is 6.16. The van der Waals surface area contributed by atoms with Crippen LogP contribution >= 0.6 is 0 Å². The van der Waals surface area contributed by atoms with Crippen molar-refractivity contribution in [3.05, 3.63) is 132 Å². The topological polar surface area (TPSA) is 49.1 Å². The Hall–Kier alpha value is -5.10. The lowest BCUT2D eigenvalue weighted by Crippen LogP contribution is -2.26. The fourth-order valence-electron chi connectivity index (χ4n) is 6.70. The Morgan fingerprint density at radius 2 is 1.39 bits per heavy atom. The van der Waals surface area contributed by atoms with E-state index < -0.39 is 0 Å². The number of ether oxygens (including phenoxy) is 2. The second-order valence-corrected chi connectivity index (χ2v) is 12.8. The summed E-state index contributed by atoms with van der Waals surface area (Å²) in [6.07, 6.45) is 8.11. The molecule has 2 aliphatic rings. The highest BCUT2D eigenvalue weighted by atomic mass is 16.5. The van der Waals surface area contributed by atoms with Crippen molar-refractivity contribution >= 4 is 34.7 Å². The lowest BCUT2D eigenvalue weighted by molar-refractivity contribution is -0.401. The molecular formula is C40H43N4O2+. The van der Waals surface area contributed by atoms with Crippen molar-refractivity contribution in [1.29, 1.82) is 0 Å². The number of rotatable bonds is 10. The third-order valence-corrected chi connectivity index (χ3v) is 9.16. The molecule has 6 heteroatoms. The Morgan fingerprint density at radius 1 is 0.761 bits per heavy atom. The van der Waals surface area contributed by atoms with Gasteiger partial charge in [0.1, 0.15) is 37.4 Å². The predicted molar refractivity (Wildman–Crippen MR) is 191 cm³/mol. The predicted octanol–water partition coefficient (Wildman–Crippen LogP) is 8.79. The monoisotopic (exact) mass is 611 g/mol. The van der Waals surface area contributed by atoms with Gasteiger partial charge in [-0.3, -0.25) is 4.99 Å². The van der Waals surface area contributed by atoms with Crippen LogP contribution in [0.4, 0.5) is 22.7 Å². The van der Waals surface area contributed by atoms with Crippen molar-refractivity contribution in [2.24, 2.45) is 4.99 Å². The van der Waals surface area contributed by atoms with Crippen molar-refractivity contribution < 1.29 is 14.0 Å². The van der Waals surface area contributed by atoms with E-state index in [4.69, 9.17) is 14.5 Å². The number of hydrogen-bond acceptors (Lipinski definition) is 5.